The molecular formula is C20H22F3N5O3. The van der Waals surface area contributed by atoms with Crippen LogP contribution in [-0.4, -0.2) is 45.2 Å². The first-order valence-corrected chi connectivity index (χ1v) is 9.58. The Hall–Kier alpha value is -3.10. The lowest BCUT2D eigenvalue weighted by Gasteiger charge is -2.30. The third kappa shape index (κ3) is 4.65. The average molecular weight is 437 g/mol. The molecule has 3 rings (SSSR count). The lowest BCUT2D eigenvalue weighted by molar-refractivity contribution is -0.206. The van der Waals surface area contributed by atoms with E-state index in [-0.39, 0.29) is 23.0 Å². The fourth-order valence-corrected chi connectivity index (χ4v) is 3.75. The topological polar surface area (TPSA) is 128 Å². The van der Waals surface area contributed by atoms with Gasteiger partial charge in [-0.2, -0.15) is 23.5 Å². The summed E-state index contributed by atoms with van der Waals surface area (Å²) in [4.78, 5) is 13.5. The van der Waals surface area contributed by atoms with Crippen LogP contribution in [0.25, 0.3) is 0 Å². The van der Waals surface area contributed by atoms with Gasteiger partial charge in [0.25, 0.3) is 5.91 Å². The van der Waals surface area contributed by atoms with Gasteiger partial charge in [0.05, 0.1) is 24.1 Å². The first kappa shape index (κ1) is 22.6. The van der Waals surface area contributed by atoms with Crippen molar-refractivity contribution in [2.24, 2.45) is 11.7 Å². The molecule has 4 N–H and O–H groups in total. The molecule has 1 aromatic heterocycles. The maximum Gasteiger partial charge on any atom is 0.418 e. The number of amides is 1. The molecule has 11 heteroatoms. The number of rotatable bonds is 5. The van der Waals surface area contributed by atoms with E-state index in [1.807, 2.05) is 0 Å². The molecule has 0 bridgehead atoms. The third-order valence-electron chi connectivity index (χ3n) is 5.49. The predicted octanol–water partition coefficient (Wildman–Crippen LogP) is 2.57. The summed E-state index contributed by atoms with van der Waals surface area (Å²) in [6.45, 7) is 0. The highest BCUT2D eigenvalue weighted by Crippen LogP contribution is 2.37. The third-order valence-corrected chi connectivity index (χ3v) is 5.49. The molecule has 2 aromatic rings. The van der Waals surface area contributed by atoms with Gasteiger partial charge in [0.2, 0.25) is 0 Å². The van der Waals surface area contributed by atoms with E-state index in [2.05, 4.69) is 11.2 Å². The summed E-state index contributed by atoms with van der Waals surface area (Å²) in [6.07, 6.45) is -5.23. The van der Waals surface area contributed by atoms with Crippen LogP contribution in [-0.2, 0) is 0 Å². The van der Waals surface area contributed by atoms with Gasteiger partial charge in [-0.25, -0.2) is 0 Å². The van der Waals surface area contributed by atoms with Gasteiger partial charge in [0, 0.05) is 18.9 Å². The van der Waals surface area contributed by atoms with Gasteiger partial charge in [0.15, 0.2) is 11.9 Å². The van der Waals surface area contributed by atoms with Gasteiger partial charge in [-0.3, -0.25) is 9.48 Å². The molecule has 4 atom stereocenters. The van der Waals surface area contributed by atoms with Crippen LogP contribution in [0.4, 0.5) is 24.7 Å². The maximum atomic E-state index is 12.7. The molecule has 8 nitrogen and oxygen atoms in total. The lowest BCUT2D eigenvalue weighted by Crippen LogP contribution is -2.29. The maximum absolute atomic E-state index is 12.7. The van der Waals surface area contributed by atoms with E-state index in [0.29, 0.717) is 24.9 Å². The van der Waals surface area contributed by atoms with Gasteiger partial charge in [-0.05, 0) is 37.0 Å². The van der Waals surface area contributed by atoms with E-state index in [4.69, 9.17) is 5.73 Å². The molecule has 0 radical (unpaired) electrons. The Kier molecular flexibility index (Phi) is 6.24. The number of aliphatic hydroxyl groups excluding tert-OH is 2. The number of hydrogen-bond donors (Lipinski definition) is 3. The second kappa shape index (κ2) is 8.56. The number of hydrogen-bond acceptors (Lipinski definition) is 6. The molecule has 0 spiro atoms. The Bertz CT molecular complexity index is 983. The van der Waals surface area contributed by atoms with Gasteiger partial charge in [0.1, 0.15) is 5.56 Å². The molecule has 1 aromatic carbocycles. The number of nitrogens with two attached hydrogens (primary N) is 1. The minimum Gasteiger partial charge on any atom is -0.393 e. The highest BCUT2D eigenvalue weighted by Gasteiger charge is 2.39. The Labute approximate surface area is 176 Å². The molecule has 166 valence electrons. The summed E-state index contributed by atoms with van der Waals surface area (Å²) >= 11 is 0. The number of anilines is 2. The minimum absolute atomic E-state index is 0.0877. The molecule has 1 fully saturated rings. The van der Waals surface area contributed by atoms with Crippen LogP contribution in [0.15, 0.2) is 30.5 Å². The molecular weight excluding hydrogens is 415 g/mol. The molecule has 1 heterocycles. The monoisotopic (exact) mass is 437 g/mol. The van der Waals surface area contributed by atoms with E-state index in [1.54, 1.807) is 7.05 Å². The van der Waals surface area contributed by atoms with Crippen molar-refractivity contribution >= 4 is 17.4 Å². The average Bonchev–Trinajstić information content (AvgIpc) is 3.17. The highest BCUT2D eigenvalue weighted by molar-refractivity contribution is 5.98. The second-order valence-electron chi connectivity index (χ2n) is 7.58. The lowest BCUT2D eigenvalue weighted by atomic mass is 9.84. The molecule has 1 aliphatic rings. The van der Waals surface area contributed by atoms with Crippen molar-refractivity contribution < 1.29 is 28.2 Å². The van der Waals surface area contributed by atoms with Crippen molar-refractivity contribution in [2.45, 2.75) is 43.7 Å². The van der Waals surface area contributed by atoms with Crippen molar-refractivity contribution in [3.05, 3.63) is 41.6 Å². The summed E-state index contributed by atoms with van der Waals surface area (Å²) in [5.74, 6) is -1.06. The van der Waals surface area contributed by atoms with Crippen molar-refractivity contribution in [3.8, 4) is 6.07 Å². The molecule has 1 aliphatic carbocycles. The van der Waals surface area contributed by atoms with Gasteiger partial charge < -0.3 is 20.8 Å². The van der Waals surface area contributed by atoms with Crippen LogP contribution in [0.2, 0.25) is 0 Å². The molecule has 1 saturated carbocycles. The molecule has 31 heavy (non-hydrogen) atoms. The van der Waals surface area contributed by atoms with Crippen LogP contribution in [0.3, 0.4) is 0 Å². The summed E-state index contributed by atoms with van der Waals surface area (Å²) in [6, 6.07) is 6.82. The van der Waals surface area contributed by atoms with Crippen molar-refractivity contribution in [2.75, 3.05) is 11.9 Å². The van der Waals surface area contributed by atoms with E-state index >= 15 is 0 Å². The Morgan fingerprint density at radius 1 is 1.35 bits per heavy atom. The van der Waals surface area contributed by atoms with Crippen molar-refractivity contribution in [1.29, 1.82) is 5.26 Å². The molecule has 0 aliphatic heterocycles. The number of primary amides is 1. The fraction of sp³-hybridized carbons (Fsp3) is 0.450. The quantitative estimate of drug-likeness (QED) is 0.660. The van der Waals surface area contributed by atoms with Crippen molar-refractivity contribution in [3.63, 3.8) is 0 Å². The number of carbonyl (C=O) groups excluding carboxylic acids is 1. The molecule has 0 saturated heterocycles. The summed E-state index contributed by atoms with van der Waals surface area (Å²) < 4.78 is 39.6. The Morgan fingerprint density at radius 2 is 2.00 bits per heavy atom. The first-order chi connectivity index (χ1) is 14.5. The Balaban J connectivity index is 1.91. The van der Waals surface area contributed by atoms with Crippen LogP contribution < -0.4 is 10.6 Å². The van der Waals surface area contributed by atoms with Crippen LogP contribution in [0, 0.1) is 17.2 Å². The summed E-state index contributed by atoms with van der Waals surface area (Å²) in [5, 5.41) is 33.1. The van der Waals surface area contributed by atoms with E-state index in [9.17, 15) is 33.4 Å². The SMILES string of the molecule is CN(c1ccc([C@@H](O)C(F)(F)F)cc1)c1nn([C@H]2CC[C@@H](O)C[C@@H]2C#N)cc1C(N)=O. The number of nitrogens with zero attached hydrogens (tertiary/aromatic N) is 4. The minimum atomic E-state index is -4.78. The van der Waals surface area contributed by atoms with E-state index in [0.717, 1.165) is 12.1 Å². The number of aliphatic hydroxyl groups is 2. The zero-order valence-corrected chi connectivity index (χ0v) is 16.6. The number of nitriles is 1. The predicted molar refractivity (Wildman–Crippen MR) is 104 cm³/mol. The Morgan fingerprint density at radius 3 is 2.55 bits per heavy atom. The number of halogens is 3. The highest BCUT2D eigenvalue weighted by atomic mass is 19.4. The summed E-state index contributed by atoms with van der Waals surface area (Å²) in [7, 11) is 1.57. The summed E-state index contributed by atoms with van der Waals surface area (Å²) in [5.41, 5.74) is 5.68. The van der Waals surface area contributed by atoms with Gasteiger partial charge in [-0.1, -0.05) is 12.1 Å². The van der Waals surface area contributed by atoms with E-state index < -0.39 is 30.2 Å². The second-order valence-corrected chi connectivity index (χ2v) is 7.58. The standard InChI is InChI=1S/C20H22F3N5O3/c1-27(13-4-2-11(3-5-13)17(30)20(21,22)23)19-15(18(25)31)10-28(26-19)16-7-6-14(29)8-12(16)9-24/h2-5,10,12,14,16-17,29-30H,6-8H2,1H3,(H2,25,31)/t12-,14-,16+,17-/m1/s1. The number of benzene rings is 1. The van der Waals surface area contributed by atoms with Crippen LogP contribution >= 0.6 is 0 Å². The zero-order chi connectivity index (χ0) is 22.9. The number of aromatic nitrogens is 2. The molecule has 0 unspecified atom stereocenters. The first-order valence-electron chi connectivity index (χ1n) is 9.58. The molecule has 1 amide bonds. The normalized spacial score (nSPS) is 22.5. The fourth-order valence-electron chi connectivity index (χ4n) is 3.75. The van der Waals surface area contributed by atoms with Gasteiger partial charge >= 0.3 is 6.18 Å². The van der Waals surface area contributed by atoms with E-state index in [1.165, 1.54) is 27.9 Å². The smallest absolute Gasteiger partial charge is 0.393 e. The van der Waals surface area contributed by atoms with Crippen molar-refractivity contribution in [1.82, 2.24) is 9.78 Å². The zero-order valence-electron chi connectivity index (χ0n) is 16.6. The van der Waals surface area contributed by atoms with Crippen LogP contribution in [0.5, 0.6) is 0 Å². The van der Waals surface area contributed by atoms with Crippen LogP contribution in [0.1, 0.15) is 47.3 Å². The number of alkyl halides is 3. The largest absolute Gasteiger partial charge is 0.418 e. The van der Waals surface area contributed by atoms with Gasteiger partial charge in [-0.15, -0.1) is 0 Å². The number of carbonyl (C=O) groups is 1.